The molecule has 0 fully saturated rings. The van der Waals surface area contributed by atoms with E-state index in [1.165, 1.54) is 0 Å². The van der Waals surface area contributed by atoms with Gasteiger partial charge in [0.25, 0.3) is 0 Å². The van der Waals surface area contributed by atoms with Crippen molar-refractivity contribution in [2.75, 3.05) is 27.7 Å². The molecule has 4 nitrogen and oxygen atoms in total. The zero-order chi connectivity index (χ0) is 17.4. The Morgan fingerprint density at radius 1 is 1.08 bits per heavy atom. The van der Waals surface area contributed by atoms with E-state index in [2.05, 4.69) is 16.3 Å². The number of carbonyl (C=O) groups is 1. The van der Waals surface area contributed by atoms with E-state index >= 15 is 0 Å². The van der Waals surface area contributed by atoms with Crippen molar-refractivity contribution in [2.24, 2.45) is 0 Å². The van der Waals surface area contributed by atoms with E-state index in [4.69, 9.17) is 4.74 Å². The number of nitrogens with one attached hydrogen (secondary N) is 1. The van der Waals surface area contributed by atoms with E-state index in [1.807, 2.05) is 74.8 Å². The molecule has 1 N–H and O–H groups in total. The van der Waals surface area contributed by atoms with Gasteiger partial charge in [-0.25, -0.2) is 4.79 Å². The summed E-state index contributed by atoms with van der Waals surface area (Å²) >= 11 is 0. The van der Waals surface area contributed by atoms with Gasteiger partial charge in [0, 0.05) is 19.2 Å². The number of likely N-dealkylation sites (N-methyl/N-ethyl adjacent to an activating group) is 1. The molecule has 0 aromatic heterocycles. The van der Waals surface area contributed by atoms with Gasteiger partial charge in [-0.3, -0.25) is 0 Å². The van der Waals surface area contributed by atoms with Gasteiger partial charge >= 0.3 is 6.09 Å². The molecule has 4 heteroatoms. The first-order chi connectivity index (χ1) is 11.6. The molecule has 0 bridgehead atoms. The number of ether oxygens (including phenoxy) is 1. The molecule has 2 rings (SSSR count). The normalized spacial score (nSPS) is 12.8. The zero-order valence-electron chi connectivity index (χ0n) is 14.4. The van der Waals surface area contributed by atoms with Crippen molar-refractivity contribution < 1.29 is 9.53 Å². The van der Waals surface area contributed by atoms with Crippen LogP contribution in [0.2, 0.25) is 0 Å². The van der Waals surface area contributed by atoms with Gasteiger partial charge in [-0.1, -0.05) is 66.7 Å². The molecular weight excluding hydrogens is 300 g/mol. The maximum absolute atomic E-state index is 11.9. The Labute approximate surface area is 143 Å². The van der Waals surface area contributed by atoms with Gasteiger partial charge in [0.15, 0.2) is 6.10 Å². The molecule has 0 aliphatic rings. The molecular formula is C20H24N2O2. The van der Waals surface area contributed by atoms with Gasteiger partial charge in [0.1, 0.15) is 0 Å². The first-order valence-corrected chi connectivity index (χ1v) is 7.95. The summed E-state index contributed by atoms with van der Waals surface area (Å²) in [6.45, 7) is 0.755. The average Bonchev–Trinajstić information content (AvgIpc) is 2.62. The molecule has 0 radical (unpaired) electrons. The topological polar surface area (TPSA) is 41.6 Å². The van der Waals surface area contributed by atoms with Gasteiger partial charge in [-0.05, 0) is 25.2 Å². The Hall–Kier alpha value is -2.59. The smallest absolute Gasteiger partial charge is 0.407 e. The number of alkyl carbamates (subject to hydrolysis) is 1. The van der Waals surface area contributed by atoms with Crippen LogP contribution in [0.4, 0.5) is 4.79 Å². The van der Waals surface area contributed by atoms with Crippen LogP contribution >= 0.6 is 0 Å². The number of hydrogen-bond donors (Lipinski definition) is 1. The predicted octanol–water partition coefficient (Wildman–Crippen LogP) is 3.73. The Kier molecular flexibility index (Phi) is 6.58. The van der Waals surface area contributed by atoms with Gasteiger partial charge in [0.2, 0.25) is 0 Å². The molecule has 24 heavy (non-hydrogen) atoms. The average molecular weight is 324 g/mol. The minimum Gasteiger partial charge on any atom is -0.436 e. The minimum atomic E-state index is -0.464. The number of amides is 1. The van der Waals surface area contributed by atoms with Gasteiger partial charge in [-0.15, -0.1) is 0 Å². The lowest BCUT2D eigenvalue weighted by Gasteiger charge is -2.22. The lowest BCUT2D eigenvalue weighted by Crippen LogP contribution is -2.23. The van der Waals surface area contributed by atoms with Crippen molar-refractivity contribution in [3.63, 3.8) is 0 Å². The molecule has 126 valence electrons. The Morgan fingerprint density at radius 2 is 1.67 bits per heavy atom. The molecule has 2 aromatic rings. The van der Waals surface area contributed by atoms with Crippen molar-refractivity contribution >= 4 is 11.7 Å². The summed E-state index contributed by atoms with van der Waals surface area (Å²) in [7, 11) is 5.59. The second kappa shape index (κ2) is 8.89. The monoisotopic (exact) mass is 324 g/mol. The maximum atomic E-state index is 11.9. The molecule has 0 aliphatic carbocycles. The van der Waals surface area contributed by atoms with Crippen LogP contribution in [-0.4, -0.2) is 38.7 Å². The number of benzene rings is 2. The fourth-order valence-electron chi connectivity index (χ4n) is 2.39. The van der Waals surface area contributed by atoms with E-state index in [1.54, 1.807) is 7.05 Å². The van der Waals surface area contributed by atoms with Crippen LogP contribution in [0.5, 0.6) is 0 Å². The number of nitrogens with zero attached hydrogens (tertiary/aromatic N) is 1. The van der Waals surface area contributed by atoms with E-state index < -0.39 is 12.2 Å². The number of rotatable bonds is 6. The van der Waals surface area contributed by atoms with Gasteiger partial charge in [-0.2, -0.15) is 0 Å². The van der Waals surface area contributed by atoms with E-state index in [0.717, 1.165) is 23.2 Å². The highest BCUT2D eigenvalue weighted by atomic mass is 16.6. The highest BCUT2D eigenvalue weighted by Gasteiger charge is 2.22. The maximum Gasteiger partial charge on any atom is 0.407 e. The van der Waals surface area contributed by atoms with Gasteiger partial charge < -0.3 is 15.0 Å². The highest BCUT2D eigenvalue weighted by Crippen LogP contribution is 2.33. The van der Waals surface area contributed by atoms with Crippen molar-refractivity contribution in [3.8, 4) is 0 Å². The number of hydrogen-bond acceptors (Lipinski definition) is 3. The predicted molar refractivity (Wildman–Crippen MR) is 97.7 cm³/mol. The molecule has 0 saturated heterocycles. The molecule has 1 unspecified atom stereocenters. The molecule has 2 aromatic carbocycles. The SMILES string of the molecule is CNC(=O)OC(C(=CCN(C)C)c1ccccc1)c1ccccc1. The van der Waals surface area contributed by atoms with Crippen LogP contribution in [-0.2, 0) is 4.74 Å². The van der Waals surface area contributed by atoms with Crippen molar-refractivity contribution in [1.82, 2.24) is 10.2 Å². The molecule has 1 atom stereocenters. The standard InChI is InChI=1S/C20H24N2O2/c1-21-20(23)24-19(17-12-8-5-9-13-17)18(14-15-22(2)3)16-10-6-4-7-11-16/h4-14,19H,15H2,1-3H3,(H,21,23). The molecule has 0 saturated carbocycles. The summed E-state index contributed by atoms with van der Waals surface area (Å²) in [5.41, 5.74) is 2.95. The second-order valence-corrected chi connectivity index (χ2v) is 5.73. The first kappa shape index (κ1) is 17.8. The fourth-order valence-corrected chi connectivity index (χ4v) is 2.39. The van der Waals surface area contributed by atoms with E-state index in [-0.39, 0.29) is 0 Å². The third-order valence-corrected chi connectivity index (χ3v) is 3.60. The Morgan fingerprint density at radius 3 is 2.21 bits per heavy atom. The summed E-state index contributed by atoms with van der Waals surface area (Å²) in [4.78, 5) is 14.0. The summed E-state index contributed by atoms with van der Waals surface area (Å²) < 4.78 is 5.70. The van der Waals surface area contributed by atoms with Crippen molar-refractivity contribution in [2.45, 2.75) is 6.10 Å². The van der Waals surface area contributed by atoms with Crippen LogP contribution < -0.4 is 5.32 Å². The summed E-state index contributed by atoms with van der Waals surface area (Å²) in [6.07, 6.45) is 1.19. The third kappa shape index (κ3) is 4.96. The van der Waals surface area contributed by atoms with Crippen LogP contribution in [0.25, 0.3) is 5.57 Å². The van der Waals surface area contributed by atoms with Crippen molar-refractivity contribution in [3.05, 3.63) is 77.9 Å². The minimum absolute atomic E-state index is 0.449. The lowest BCUT2D eigenvalue weighted by atomic mass is 9.94. The lowest BCUT2D eigenvalue weighted by molar-refractivity contribution is 0.126. The molecule has 0 spiro atoms. The fraction of sp³-hybridized carbons (Fsp3) is 0.250. The molecule has 1 amide bonds. The van der Waals surface area contributed by atoms with Gasteiger partial charge in [0.05, 0.1) is 0 Å². The summed E-state index contributed by atoms with van der Waals surface area (Å²) in [6, 6.07) is 19.8. The Balaban J connectivity index is 2.47. The molecule has 0 aliphatic heterocycles. The van der Waals surface area contributed by atoms with Crippen LogP contribution in [0.15, 0.2) is 66.7 Å². The molecule has 0 heterocycles. The van der Waals surface area contributed by atoms with Crippen LogP contribution in [0.1, 0.15) is 17.2 Å². The Bertz CT molecular complexity index is 667. The van der Waals surface area contributed by atoms with E-state index in [0.29, 0.717) is 0 Å². The zero-order valence-corrected chi connectivity index (χ0v) is 14.4. The highest BCUT2D eigenvalue weighted by molar-refractivity contribution is 5.75. The van der Waals surface area contributed by atoms with E-state index in [9.17, 15) is 4.79 Å². The van der Waals surface area contributed by atoms with Crippen LogP contribution in [0, 0.1) is 0 Å². The summed E-state index contributed by atoms with van der Waals surface area (Å²) in [5.74, 6) is 0. The van der Waals surface area contributed by atoms with Crippen molar-refractivity contribution in [1.29, 1.82) is 0 Å². The second-order valence-electron chi connectivity index (χ2n) is 5.73. The van der Waals surface area contributed by atoms with Crippen LogP contribution in [0.3, 0.4) is 0 Å². The number of carbonyl (C=O) groups excluding carboxylic acids is 1. The quantitative estimate of drug-likeness (QED) is 0.880. The third-order valence-electron chi connectivity index (χ3n) is 3.60. The first-order valence-electron chi connectivity index (χ1n) is 7.95. The summed E-state index contributed by atoms with van der Waals surface area (Å²) in [5, 5.41) is 2.54. The largest absolute Gasteiger partial charge is 0.436 e.